The van der Waals surface area contributed by atoms with Crippen LogP contribution in [0, 0.1) is 0 Å². The highest BCUT2D eigenvalue weighted by Crippen LogP contribution is 2.10. The quantitative estimate of drug-likeness (QED) is 0.371. The molecular weight excluding hydrogens is 354 g/mol. The monoisotopic (exact) mass is 371 g/mol. The van der Waals surface area contributed by atoms with Gasteiger partial charge in [-0.1, -0.05) is 30.3 Å². The van der Waals surface area contributed by atoms with Crippen molar-refractivity contribution >= 4 is 35.5 Å². The van der Waals surface area contributed by atoms with Gasteiger partial charge in [0.1, 0.15) is 5.75 Å². The first kappa shape index (κ1) is 18.9. The van der Waals surface area contributed by atoms with Crippen molar-refractivity contribution in [1.29, 1.82) is 0 Å². The van der Waals surface area contributed by atoms with E-state index >= 15 is 0 Å². The van der Waals surface area contributed by atoms with Gasteiger partial charge in [-0.3, -0.25) is 15.5 Å². The molecule has 0 atom stereocenters. The fraction of sp³-hybridized carbons (Fsp3) is 0.0588. The van der Waals surface area contributed by atoms with E-state index in [2.05, 4.69) is 26.7 Å². The number of benzene rings is 2. The largest absolute Gasteiger partial charge is 0.497 e. The number of hydrogen-bond acceptors (Lipinski definition) is 5. The zero-order valence-electron chi connectivity index (χ0n) is 13.9. The Bertz CT molecular complexity index is 794. The van der Waals surface area contributed by atoms with E-state index in [-0.39, 0.29) is 5.11 Å². The van der Waals surface area contributed by atoms with Crippen LogP contribution in [-0.2, 0) is 0 Å². The average Bonchev–Trinajstić information content (AvgIpc) is 2.67. The molecule has 0 aliphatic heterocycles. The Hall–Kier alpha value is -3.46. The Morgan fingerprint density at radius 3 is 2.38 bits per heavy atom. The van der Waals surface area contributed by atoms with Crippen molar-refractivity contribution < 1.29 is 14.3 Å². The molecule has 2 rings (SSSR count). The molecule has 0 saturated heterocycles. The maximum atomic E-state index is 12.0. The summed E-state index contributed by atoms with van der Waals surface area (Å²) in [5.74, 6) is 0.214. The first-order chi connectivity index (χ1) is 12.6. The number of hydrogen-bond donors (Lipinski definition) is 4. The maximum Gasteiger partial charge on any atom is 0.353 e. The van der Waals surface area contributed by atoms with Crippen LogP contribution in [0.5, 0.6) is 5.75 Å². The summed E-state index contributed by atoms with van der Waals surface area (Å²) in [6, 6.07) is 15.1. The van der Waals surface area contributed by atoms with Crippen LogP contribution in [0.3, 0.4) is 0 Å². The van der Waals surface area contributed by atoms with Gasteiger partial charge in [0.15, 0.2) is 5.11 Å². The third-order valence-electron chi connectivity index (χ3n) is 3.05. The molecule has 0 heterocycles. The molecule has 0 aliphatic carbocycles. The topological polar surface area (TPSA) is 104 Å². The van der Waals surface area contributed by atoms with Crippen LogP contribution in [0.15, 0.2) is 59.7 Å². The first-order valence-electron chi connectivity index (χ1n) is 7.48. The Balaban J connectivity index is 1.72. The molecule has 2 aromatic carbocycles. The third-order valence-corrected chi connectivity index (χ3v) is 3.25. The number of thiocarbonyl (C=S) groups is 1. The van der Waals surface area contributed by atoms with Gasteiger partial charge >= 0.3 is 6.03 Å². The second-order valence-corrected chi connectivity index (χ2v) is 5.28. The van der Waals surface area contributed by atoms with E-state index in [0.29, 0.717) is 11.3 Å². The number of amides is 3. The van der Waals surface area contributed by atoms with Crippen molar-refractivity contribution in [2.45, 2.75) is 0 Å². The summed E-state index contributed by atoms with van der Waals surface area (Å²) in [6.07, 6.45) is 1.49. The van der Waals surface area contributed by atoms with Gasteiger partial charge in [-0.2, -0.15) is 5.10 Å². The Morgan fingerprint density at radius 2 is 1.73 bits per heavy atom. The van der Waals surface area contributed by atoms with E-state index in [1.165, 1.54) is 13.3 Å². The van der Waals surface area contributed by atoms with Gasteiger partial charge in [0.25, 0.3) is 5.91 Å². The minimum atomic E-state index is -0.641. The molecule has 0 spiro atoms. The van der Waals surface area contributed by atoms with E-state index in [9.17, 15) is 9.59 Å². The molecular formula is C17H17N5O3S. The molecule has 0 aromatic heterocycles. The van der Waals surface area contributed by atoms with Crippen molar-refractivity contribution in [2.75, 3.05) is 7.11 Å². The SMILES string of the molecule is COc1ccc(C(=O)NC(=S)NNC(=O)NN=Cc2ccccc2)cc1. The number of carbonyl (C=O) groups is 2. The lowest BCUT2D eigenvalue weighted by molar-refractivity contribution is 0.0976. The minimum Gasteiger partial charge on any atom is -0.497 e. The zero-order valence-corrected chi connectivity index (χ0v) is 14.7. The van der Waals surface area contributed by atoms with Crippen LogP contribution in [0.25, 0.3) is 0 Å². The molecule has 0 bridgehead atoms. The van der Waals surface area contributed by atoms with E-state index in [0.717, 1.165) is 5.56 Å². The number of ether oxygens (including phenoxy) is 1. The predicted molar refractivity (Wildman–Crippen MR) is 102 cm³/mol. The lowest BCUT2D eigenvalue weighted by atomic mass is 10.2. The number of rotatable bonds is 4. The summed E-state index contributed by atoms with van der Waals surface area (Å²) in [7, 11) is 1.54. The van der Waals surface area contributed by atoms with Crippen LogP contribution in [0.1, 0.15) is 15.9 Å². The zero-order chi connectivity index (χ0) is 18.8. The maximum absolute atomic E-state index is 12.0. The van der Waals surface area contributed by atoms with Crippen molar-refractivity contribution in [3.05, 3.63) is 65.7 Å². The van der Waals surface area contributed by atoms with E-state index in [1.54, 1.807) is 24.3 Å². The van der Waals surface area contributed by atoms with Gasteiger partial charge in [0.2, 0.25) is 0 Å². The number of nitrogens with one attached hydrogen (secondary N) is 4. The van der Waals surface area contributed by atoms with Crippen LogP contribution in [0.2, 0.25) is 0 Å². The molecule has 26 heavy (non-hydrogen) atoms. The number of carbonyl (C=O) groups excluding carboxylic acids is 2. The highest BCUT2D eigenvalue weighted by molar-refractivity contribution is 7.80. The average molecular weight is 371 g/mol. The van der Waals surface area contributed by atoms with E-state index in [4.69, 9.17) is 17.0 Å². The predicted octanol–water partition coefficient (Wildman–Crippen LogP) is 1.55. The van der Waals surface area contributed by atoms with Crippen molar-refractivity contribution in [3.63, 3.8) is 0 Å². The molecule has 0 radical (unpaired) electrons. The van der Waals surface area contributed by atoms with Gasteiger partial charge in [0.05, 0.1) is 13.3 Å². The van der Waals surface area contributed by atoms with Gasteiger partial charge < -0.3 is 4.74 Å². The molecule has 0 aliphatic rings. The highest BCUT2D eigenvalue weighted by Gasteiger charge is 2.08. The van der Waals surface area contributed by atoms with Crippen molar-refractivity contribution in [3.8, 4) is 5.75 Å². The van der Waals surface area contributed by atoms with Gasteiger partial charge in [-0.25, -0.2) is 15.6 Å². The Labute approximate surface area is 155 Å². The molecule has 3 amide bonds. The summed E-state index contributed by atoms with van der Waals surface area (Å²) in [5, 5.41) is 6.14. The summed E-state index contributed by atoms with van der Waals surface area (Å²) in [4.78, 5) is 23.6. The lowest BCUT2D eigenvalue weighted by Gasteiger charge is -2.10. The van der Waals surface area contributed by atoms with Gasteiger partial charge in [-0.15, -0.1) is 0 Å². The summed E-state index contributed by atoms with van der Waals surface area (Å²) in [5.41, 5.74) is 8.13. The second kappa shape index (κ2) is 9.74. The lowest BCUT2D eigenvalue weighted by Crippen LogP contribution is -2.50. The number of urea groups is 1. The number of hydrazine groups is 1. The molecule has 8 nitrogen and oxygen atoms in total. The molecule has 0 saturated carbocycles. The molecule has 4 N–H and O–H groups in total. The van der Waals surface area contributed by atoms with Crippen LogP contribution in [-0.4, -0.2) is 30.4 Å². The number of hydrazone groups is 1. The number of methoxy groups -OCH3 is 1. The minimum absolute atomic E-state index is 0.0620. The van der Waals surface area contributed by atoms with Crippen LogP contribution < -0.4 is 26.3 Å². The summed E-state index contributed by atoms with van der Waals surface area (Å²) >= 11 is 4.94. The van der Waals surface area contributed by atoms with E-state index in [1.807, 2.05) is 30.3 Å². The summed E-state index contributed by atoms with van der Waals surface area (Å²) in [6.45, 7) is 0. The Morgan fingerprint density at radius 1 is 1.04 bits per heavy atom. The summed E-state index contributed by atoms with van der Waals surface area (Å²) < 4.78 is 5.02. The second-order valence-electron chi connectivity index (χ2n) is 4.87. The molecule has 134 valence electrons. The van der Waals surface area contributed by atoms with Gasteiger partial charge in [0, 0.05) is 5.56 Å². The van der Waals surface area contributed by atoms with Crippen LogP contribution in [0.4, 0.5) is 4.79 Å². The van der Waals surface area contributed by atoms with Crippen molar-refractivity contribution in [2.24, 2.45) is 5.10 Å². The smallest absolute Gasteiger partial charge is 0.353 e. The normalized spacial score (nSPS) is 10.0. The van der Waals surface area contributed by atoms with E-state index < -0.39 is 11.9 Å². The fourth-order valence-electron chi connectivity index (χ4n) is 1.79. The molecule has 0 fully saturated rings. The first-order valence-corrected chi connectivity index (χ1v) is 7.89. The fourth-order valence-corrected chi connectivity index (χ4v) is 1.94. The van der Waals surface area contributed by atoms with Crippen molar-refractivity contribution in [1.82, 2.24) is 21.6 Å². The van der Waals surface area contributed by atoms with Gasteiger partial charge in [-0.05, 0) is 42.0 Å². The number of nitrogens with zero attached hydrogens (tertiary/aromatic N) is 1. The molecule has 0 unspecified atom stereocenters. The van der Waals surface area contributed by atoms with Crippen LogP contribution >= 0.6 is 12.2 Å². The molecule has 2 aromatic rings. The molecule has 9 heteroatoms. The standard InChI is InChI=1S/C17H17N5O3S/c1-25-14-9-7-13(8-10-14)15(23)19-17(26)22-21-16(24)20-18-11-12-5-3-2-4-6-12/h2-11H,1H3,(H2,20,21,24)(H2,19,22,23,26). The third kappa shape index (κ3) is 6.21. The Kier molecular flexibility index (Phi) is 7.07. The highest BCUT2D eigenvalue weighted by atomic mass is 32.1.